The summed E-state index contributed by atoms with van der Waals surface area (Å²) in [6.07, 6.45) is -0.951. The van der Waals surface area contributed by atoms with Crippen LogP contribution in [0.1, 0.15) is 18.4 Å². The van der Waals surface area contributed by atoms with Crippen molar-refractivity contribution < 1.29 is 24.2 Å². The van der Waals surface area contributed by atoms with Gasteiger partial charge in [-0.3, -0.25) is 9.59 Å². The average Bonchev–Trinajstić information content (AvgIpc) is 2.36. The van der Waals surface area contributed by atoms with Gasteiger partial charge in [0.1, 0.15) is 0 Å². The largest absolute Gasteiger partial charge is 0.481 e. The van der Waals surface area contributed by atoms with Crippen molar-refractivity contribution in [3.63, 3.8) is 0 Å². The van der Waals surface area contributed by atoms with E-state index in [9.17, 15) is 9.59 Å². The number of carboxylic acids is 1. The topological polar surface area (TPSA) is 72.8 Å². The first-order valence-electron chi connectivity index (χ1n) is 5.56. The lowest BCUT2D eigenvalue weighted by atomic mass is 10.2. The van der Waals surface area contributed by atoms with Gasteiger partial charge in [-0.05, 0) is 5.56 Å². The van der Waals surface area contributed by atoms with Crippen LogP contribution in [0, 0.1) is 0 Å². The molecule has 0 spiro atoms. The molecule has 5 heteroatoms. The van der Waals surface area contributed by atoms with Gasteiger partial charge in [-0.2, -0.15) is 0 Å². The predicted octanol–water partition coefficient (Wildman–Crippen LogP) is 1.61. The van der Waals surface area contributed by atoms with Gasteiger partial charge in [0, 0.05) is 0 Å². The molecule has 0 bridgehead atoms. The molecule has 0 aromatic heterocycles. The molecule has 1 aromatic carbocycles. The van der Waals surface area contributed by atoms with E-state index in [1.165, 1.54) is 7.11 Å². The molecule has 0 heterocycles. The van der Waals surface area contributed by atoms with E-state index in [1.54, 1.807) is 0 Å². The highest BCUT2D eigenvalue weighted by molar-refractivity contribution is 5.72. The number of ether oxygens (including phenoxy) is 2. The van der Waals surface area contributed by atoms with Gasteiger partial charge in [0.2, 0.25) is 0 Å². The van der Waals surface area contributed by atoms with Crippen molar-refractivity contribution in [3.05, 3.63) is 35.9 Å². The van der Waals surface area contributed by atoms with E-state index in [0.717, 1.165) is 5.56 Å². The molecule has 1 atom stereocenters. The van der Waals surface area contributed by atoms with Crippen molar-refractivity contribution in [2.24, 2.45) is 0 Å². The van der Waals surface area contributed by atoms with Gasteiger partial charge in [0.25, 0.3) is 0 Å². The monoisotopic (exact) mass is 252 g/mol. The number of carbonyl (C=O) groups excluding carboxylic acids is 1. The molecule has 98 valence electrons. The second kappa shape index (κ2) is 7.45. The maximum absolute atomic E-state index is 11.1. The molecule has 1 rings (SSSR count). The minimum Gasteiger partial charge on any atom is -0.481 e. The van der Waals surface area contributed by atoms with E-state index in [0.29, 0.717) is 0 Å². The molecule has 0 aliphatic rings. The number of esters is 1. The zero-order valence-corrected chi connectivity index (χ0v) is 10.2. The summed E-state index contributed by atoms with van der Waals surface area (Å²) in [5.74, 6) is -1.48. The lowest BCUT2D eigenvalue weighted by Gasteiger charge is -2.14. The van der Waals surface area contributed by atoms with Crippen LogP contribution in [0.2, 0.25) is 0 Å². The molecule has 0 saturated heterocycles. The number of hydrogen-bond acceptors (Lipinski definition) is 4. The van der Waals surface area contributed by atoms with Gasteiger partial charge in [0.05, 0.1) is 32.7 Å². The van der Waals surface area contributed by atoms with Crippen molar-refractivity contribution in [3.8, 4) is 0 Å². The van der Waals surface area contributed by atoms with Crippen LogP contribution in [0.15, 0.2) is 30.3 Å². The molecule has 1 N–H and O–H groups in total. The van der Waals surface area contributed by atoms with E-state index in [2.05, 4.69) is 4.74 Å². The Morgan fingerprint density at radius 1 is 1.22 bits per heavy atom. The van der Waals surface area contributed by atoms with E-state index in [1.807, 2.05) is 30.3 Å². The second-order valence-corrected chi connectivity index (χ2v) is 3.80. The third-order valence-electron chi connectivity index (χ3n) is 2.35. The van der Waals surface area contributed by atoms with E-state index in [4.69, 9.17) is 9.84 Å². The van der Waals surface area contributed by atoms with Crippen LogP contribution in [0.5, 0.6) is 0 Å². The maximum atomic E-state index is 11.1. The van der Waals surface area contributed by atoms with Crippen LogP contribution in [-0.4, -0.2) is 30.3 Å². The number of benzene rings is 1. The van der Waals surface area contributed by atoms with Crippen LogP contribution < -0.4 is 0 Å². The molecular weight excluding hydrogens is 236 g/mol. The van der Waals surface area contributed by atoms with Gasteiger partial charge in [-0.25, -0.2) is 0 Å². The van der Waals surface area contributed by atoms with Crippen molar-refractivity contribution in [2.75, 3.05) is 7.11 Å². The third-order valence-corrected chi connectivity index (χ3v) is 2.35. The first-order chi connectivity index (χ1) is 8.61. The summed E-state index contributed by atoms with van der Waals surface area (Å²) in [4.78, 5) is 21.8. The highest BCUT2D eigenvalue weighted by Gasteiger charge is 2.18. The Morgan fingerprint density at radius 3 is 2.44 bits per heavy atom. The summed E-state index contributed by atoms with van der Waals surface area (Å²) in [6.45, 7) is 0.274. The zero-order chi connectivity index (χ0) is 13.4. The number of aliphatic carboxylic acids is 1. The van der Waals surface area contributed by atoms with Gasteiger partial charge in [0.15, 0.2) is 0 Å². The summed E-state index contributed by atoms with van der Waals surface area (Å²) in [7, 11) is 1.26. The number of carboxylic acid groups (broad SMARTS) is 1. The molecule has 18 heavy (non-hydrogen) atoms. The Balaban J connectivity index is 2.50. The molecule has 0 aliphatic heterocycles. The Kier molecular flexibility index (Phi) is 5.87. The fourth-order valence-corrected chi connectivity index (χ4v) is 1.44. The smallest absolute Gasteiger partial charge is 0.308 e. The Morgan fingerprint density at radius 2 is 1.89 bits per heavy atom. The first-order valence-corrected chi connectivity index (χ1v) is 5.56. The van der Waals surface area contributed by atoms with Crippen molar-refractivity contribution in [2.45, 2.75) is 25.6 Å². The fraction of sp³-hybridized carbons (Fsp3) is 0.385. The van der Waals surface area contributed by atoms with Gasteiger partial charge in [-0.1, -0.05) is 30.3 Å². The minimum absolute atomic E-state index is 0.0599. The SMILES string of the molecule is COC(=O)CC(CC(=O)O)OCc1ccccc1. The van der Waals surface area contributed by atoms with E-state index >= 15 is 0 Å². The fourth-order valence-electron chi connectivity index (χ4n) is 1.44. The molecule has 0 amide bonds. The van der Waals surface area contributed by atoms with E-state index in [-0.39, 0.29) is 19.4 Å². The van der Waals surface area contributed by atoms with Gasteiger partial charge in [-0.15, -0.1) is 0 Å². The molecular formula is C13H16O5. The summed E-state index contributed by atoms with van der Waals surface area (Å²) >= 11 is 0. The summed E-state index contributed by atoms with van der Waals surface area (Å²) in [6, 6.07) is 9.36. The van der Waals surface area contributed by atoms with Gasteiger partial charge < -0.3 is 14.6 Å². The highest BCUT2D eigenvalue weighted by atomic mass is 16.5. The van der Waals surface area contributed by atoms with Crippen LogP contribution in [-0.2, 0) is 25.7 Å². The number of hydrogen-bond donors (Lipinski definition) is 1. The van der Waals surface area contributed by atoms with Crippen LogP contribution >= 0.6 is 0 Å². The van der Waals surface area contributed by atoms with Crippen molar-refractivity contribution in [1.29, 1.82) is 0 Å². The van der Waals surface area contributed by atoms with Crippen LogP contribution in [0.3, 0.4) is 0 Å². The average molecular weight is 252 g/mol. The highest BCUT2D eigenvalue weighted by Crippen LogP contribution is 2.10. The Bertz CT molecular complexity index is 388. The summed E-state index contributed by atoms with van der Waals surface area (Å²) in [5.41, 5.74) is 0.928. The Labute approximate surface area is 105 Å². The molecule has 0 fully saturated rings. The molecule has 1 unspecified atom stereocenters. The maximum Gasteiger partial charge on any atom is 0.308 e. The number of methoxy groups -OCH3 is 1. The molecule has 0 saturated carbocycles. The standard InChI is InChI=1S/C13H16O5/c1-17-13(16)8-11(7-12(14)15)18-9-10-5-3-2-4-6-10/h2-6,11H,7-9H2,1H3,(H,14,15). The van der Waals surface area contributed by atoms with E-state index < -0.39 is 18.0 Å². The number of rotatable bonds is 7. The quantitative estimate of drug-likeness (QED) is 0.746. The predicted molar refractivity (Wildman–Crippen MR) is 63.9 cm³/mol. The molecule has 0 aliphatic carbocycles. The van der Waals surface area contributed by atoms with Gasteiger partial charge >= 0.3 is 11.9 Å². The number of carbonyl (C=O) groups is 2. The van der Waals surface area contributed by atoms with Crippen molar-refractivity contribution in [1.82, 2.24) is 0 Å². The Hall–Kier alpha value is -1.88. The molecule has 1 aromatic rings. The summed E-state index contributed by atoms with van der Waals surface area (Å²) in [5, 5.41) is 8.73. The van der Waals surface area contributed by atoms with Crippen molar-refractivity contribution >= 4 is 11.9 Å². The molecule has 0 radical (unpaired) electrons. The zero-order valence-electron chi connectivity index (χ0n) is 10.2. The first kappa shape index (κ1) is 14.2. The van der Waals surface area contributed by atoms with Crippen LogP contribution in [0.4, 0.5) is 0 Å². The lowest BCUT2D eigenvalue weighted by Crippen LogP contribution is -2.22. The second-order valence-electron chi connectivity index (χ2n) is 3.80. The lowest BCUT2D eigenvalue weighted by molar-refractivity contribution is -0.147. The minimum atomic E-state index is -1.00. The third kappa shape index (κ3) is 5.45. The normalized spacial score (nSPS) is 11.8. The summed E-state index contributed by atoms with van der Waals surface area (Å²) < 4.78 is 9.93. The molecule has 5 nitrogen and oxygen atoms in total. The van der Waals surface area contributed by atoms with Crippen LogP contribution in [0.25, 0.3) is 0 Å².